The summed E-state index contributed by atoms with van der Waals surface area (Å²) in [6.45, 7) is 0.0983. The van der Waals surface area contributed by atoms with Crippen LogP contribution in [0.2, 0.25) is 0 Å². The Kier molecular flexibility index (Phi) is 6.01. The van der Waals surface area contributed by atoms with Crippen molar-refractivity contribution in [3.8, 4) is 0 Å². The number of oxime groups is 1. The molecule has 2 aromatic carbocycles. The van der Waals surface area contributed by atoms with Gasteiger partial charge in [0.2, 0.25) is 5.91 Å². The van der Waals surface area contributed by atoms with Crippen molar-refractivity contribution in [1.82, 2.24) is 5.32 Å². The summed E-state index contributed by atoms with van der Waals surface area (Å²) in [5.74, 6) is -4.71. The standard InChI is InChI=1S/C20H15F5N2O2/c21-15-9-8-14(20(23,24)25)17(18(15)22)19(27-29-11-13-6-7-13)26-16(28)10-12-4-2-1-3-5-12/h2,4-5,8-9,13H,6-7,10-11H2,(H,26,27,28). The summed E-state index contributed by atoms with van der Waals surface area (Å²) in [6, 6.07) is 10.5. The van der Waals surface area contributed by atoms with Gasteiger partial charge >= 0.3 is 6.18 Å². The highest BCUT2D eigenvalue weighted by molar-refractivity contribution is 6.09. The highest BCUT2D eigenvalue weighted by Crippen LogP contribution is 2.34. The second-order valence-corrected chi connectivity index (χ2v) is 6.53. The fraction of sp³-hybridized carbons (Fsp3) is 0.300. The number of nitrogens with one attached hydrogen (secondary N) is 1. The average Bonchev–Trinajstić information content (AvgIpc) is 3.47. The van der Waals surface area contributed by atoms with Gasteiger partial charge in [-0.15, -0.1) is 0 Å². The van der Waals surface area contributed by atoms with Crippen molar-refractivity contribution < 1.29 is 31.6 Å². The van der Waals surface area contributed by atoms with Crippen LogP contribution in [0.1, 0.15) is 29.5 Å². The van der Waals surface area contributed by atoms with Gasteiger partial charge in [-0.1, -0.05) is 17.3 Å². The Morgan fingerprint density at radius 1 is 1.21 bits per heavy atom. The van der Waals surface area contributed by atoms with E-state index in [0.717, 1.165) is 12.8 Å². The van der Waals surface area contributed by atoms with Crippen LogP contribution in [0.25, 0.3) is 0 Å². The van der Waals surface area contributed by atoms with Crippen molar-refractivity contribution in [2.24, 2.45) is 11.1 Å². The zero-order valence-electron chi connectivity index (χ0n) is 14.9. The lowest BCUT2D eigenvalue weighted by Gasteiger charge is -2.16. The van der Waals surface area contributed by atoms with Gasteiger partial charge in [-0.2, -0.15) is 13.2 Å². The Morgan fingerprint density at radius 2 is 1.97 bits per heavy atom. The van der Waals surface area contributed by atoms with Crippen LogP contribution in [0.5, 0.6) is 0 Å². The lowest BCUT2D eigenvalue weighted by Crippen LogP contribution is -2.35. The highest BCUT2D eigenvalue weighted by atomic mass is 19.4. The van der Waals surface area contributed by atoms with E-state index in [-0.39, 0.29) is 18.9 Å². The van der Waals surface area contributed by atoms with Crippen LogP contribution in [0.15, 0.2) is 35.5 Å². The molecule has 0 unspecified atom stereocenters. The van der Waals surface area contributed by atoms with Crippen LogP contribution < -0.4 is 5.32 Å². The van der Waals surface area contributed by atoms with Crippen LogP contribution >= 0.6 is 0 Å². The van der Waals surface area contributed by atoms with E-state index in [1.807, 2.05) is 0 Å². The lowest BCUT2D eigenvalue weighted by molar-refractivity contribution is -0.138. The van der Waals surface area contributed by atoms with Gasteiger partial charge in [-0.3, -0.25) is 4.79 Å². The molecule has 0 atom stereocenters. The number of hydrogen-bond donors (Lipinski definition) is 1. The number of amides is 1. The van der Waals surface area contributed by atoms with Crippen molar-refractivity contribution in [3.05, 3.63) is 70.8 Å². The molecule has 3 rings (SSSR count). The summed E-state index contributed by atoms with van der Waals surface area (Å²) in [5, 5.41) is 5.61. The third kappa shape index (κ3) is 5.44. The predicted molar refractivity (Wildman–Crippen MR) is 92.5 cm³/mol. The molecule has 152 valence electrons. The second-order valence-electron chi connectivity index (χ2n) is 6.53. The van der Waals surface area contributed by atoms with Crippen LogP contribution in [0.3, 0.4) is 0 Å². The van der Waals surface area contributed by atoms with E-state index in [1.165, 1.54) is 12.1 Å². The van der Waals surface area contributed by atoms with E-state index in [2.05, 4.69) is 22.6 Å². The number of alkyl halides is 3. The van der Waals surface area contributed by atoms with Crippen molar-refractivity contribution in [2.75, 3.05) is 6.61 Å². The molecule has 0 bridgehead atoms. The molecular weight excluding hydrogens is 395 g/mol. The van der Waals surface area contributed by atoms with E-state index >= 15 is 0 Å². The molecule has 2 aromatic rings. The van der Waals surface area contributed by atoms with Crippen LogP contribution in [-0.4, -0.2) is 18.3 Å². The second kappa shape index (κ2) is 8.47. The molecule has 1 aliphatic carbocycles. The first-order valence-electron chi connectivity index (χ1n) is 8.67. The lowest BCUT2D eigenvalue weighted by atomic mass is 10.0. The van der Waals surface area contributed by atoms with Gasteiger partial charge in [-0.05, 0) is 54.7 Å². The Hall–Kier alpha value is -3.15. The Balaban J connectivity index is 1.93. The maximum absolute atomic E-state index is 14.3. The first-order chi connectivity index (χ1) is 13.8. The molecule has 0 spiro atoms. The molecule has 0 saturated heterocycles. The van der Waals surface area contributed by atoms with Gasteiger partial charge in [0, 0.05) is 0 Å². The summed E-state index contributed by atoms with van der Waals surface area (Å²) in [4.78, 5) is 17.3. The SMILES string of the molecule is O=C(Cc1cc#ccc1)N/C(=N\OCC1CC1)c1c(C(F)(F)F)ccc(F)c1F. The van der Waals surface area contributed by atoms with E-state index < -0.39 is 40.7 Å². The topological polar surface area (TPSA) is 50.7 Å². The number of rotatable bonds is 6. The van der Waals surface area contributed by atoms with E-state index in [1.54, 1.807) is 6.07 Å². The molecule has 1 aliphatic rings. The first-order valence-corrected chi connectivity index (χ1v) is 8.67. The maximum atomic E-state index is 14.3. The summed E-state index contributed by atoms with van der Waals surface area (Å²) in [6.07, 6.45) is -3.50. The minimum atomic E-state index is -5.00. The number of amidine groups is 1. The van der Waals surface area contributed by atoms with E-state index in [9.17, 15) is 26.7 Å². The molecule has 1 amide bonds. The van der Waals surface area contributed by atoms with Gasteiger partial charge < -0.3 is 10.2 Å². The predicted octanol–water partition coefficient (Wildman–Crippen LogP) is 4.03. The summed E-state index contributed by atoms with van der Waals surface area (Å²) in [7, 11) is 0. The number of carbonyl (C=O) groups excluding carboxylic acids is 1. The monoisotopic (exact) mass is 410 g/mol. The Labute approximate surface area is 163 Å². The third-order valence-electron chi connectivity index (χ3n) is 4.14. The fourth-order valence-corrected chi connectivity index (χ4v) is 2.49. The van der Waals surface area contributed by atoms with E-state index in [0.29, 0.717) is 17.7 Å². The van der Waals surface area contributed by atoms with Crippen molar-refractivity contribution in [2.45, 2.75) is 25.4 Å². The molecule has 1 saturated carbocycles. The van der Waals surface area contributed by atoms with Gasteiger partial charge in [0.05, 0.1) is 17.5 Å². The number of carbonyl (C=O) groups is 1. The largest absolute Gasteiger partial charge is 0.417 e. The molecule has 0 aromatic heterocycles. The molecule has 1 N–H and O–H groups in total. The van der Waals surface area contributed by atoms with Crippen molar-refractivity contribution >= 4 is 11.7 Å². The molecule has 1 fully saturated rings. The fourth-order valence-electron chi connectivity index (χ4n) is 2.49. The Bertz CT molecular complexity index is 909. The van der Waals surface area contributed by atoms with Gasteiger partial charge in [0.15, 0.2) is 17.5 Å². The number of halogens is 5. The van der Waals surface area contributed by atoms with Crippen molar-refractivity contribution in [1.29, 1.82) is 0 Å². The molecule has 0 heterocycles. The minimum Gasteiger partial charge on any atom is -0.394 e. The maximum Gasteiger partial charge on any atom is 0.417 e. The first kappa shape index (κ1) is 20.6. The molecule has 29 heavy (non-hydrogen) atoms. The number of benzene rings is 1. The van der Waals surface area contributed by atoms with Gasteiger partial charge in [0.1, 0.15) is 6.61 Å². The van der Waals surface area contributed by atoms with Crippen LogP contribution in [-0.2, 0) is 22.2 Å². The molecule has 4 nitrogen and oxygen atoms in total. The quantitative estimate of drug-likeness (QED) is 0.338. The summed E-state index contributed by atoms with van der Waals surface area (Å²) < 4.78 is 68.1. The van der Waals surface area contributed by atoms with Crippen LogP contribution in [0, 0.1) is 29.7 Å². The smallest absolute Gasteiger partial charge is 0.394 e. The summed E-state index contributed by atoms with van der Waals surface area (Å²) >= 11 is 0. The average molecular weight is 410 g/mol. The number of nitrogens with zero attached hydrogens (tertiary/aromatic N) is 1. The van der Waals surface area contributed by atoms with Gasteiger partial charge in [0.25, 0.3) is 0 Å². The normalized spacial score (nSPS) is 14.3. The third-order valence-corrected chi connectivity index (χ3v) is 4.14. The zero-order valence-corrected chi connectivity index (χ0v) is 14.9. The minimum absolute atomic E-state index is 0.0983. The molecule has 0 aliphatic heterocycles. The Morgan fingerprint density at radius 3 is 2.59 bits per heavy atom. The van der Waals surface area contributed by atoms with Crippen molar-refractivity contribution in [3.63, 3.8) is 0 Å². The highest BCUT2D eigenvalue weighted by Gasteiger charge is 2.38. The number of hydrogen-bond acceptors (Lipinski definition) is 3. The molecular formula is C20H15F5N2O2. The van der Waals surface area contributed by atoms with E-state index in [4.69, 9.17) is 4.84 Å². The van der Waals surface area contributed by atoms with Crippen LogP contribution in [0.4, 0.5) is 22.0 Å². The van der Waals surface area contributed by atoms with Gasteiger partial charge in [-0.25, -0.2) is 8.78 Å². The molecule has 9 heteroatoms. The summed E-state index contributed by atoms with van der Waals surface area (Å²) in [5.41, 5.74) is -2.20. The molecule has 0 radical (unpaired) electrons. The zero-order chi connectivity index (χ0) is 21.0.